The fourth-order valence-electron chi connectivity index (χ4n) is 1.84. The molecular weight excluding hydrogens is 239 g/mol. The van der Waals surface area contributed by atoms with Crippen molar-refractivity contribution in [3.05, 3.63) is 65.5 Å². The molecule has 0 saturated heterocycles. The zero-order valence-corrected chi connectivity index (χ0v) is 11.2. The molecule has 2 nitrogen and oxygen atoms in total. The second-order valence-corrected chi connectivity index (χ2v) is 4.40. The van der Waals surface area contributed by atoms with Crippen molar-refractivity contribution in [3.8, 4) is 0 Å². The molecule has 2 rings (SSSR count). The van der Waals surface area contributed by atoms with Gasteiger partial charge in [-0.05, 0) is 48.7 Å². The highest BCUT2D eigenvalue weighted by atomic mass is 19.1. The second-order valence-electron chi connectivity index (χ2n) is 4.40. The number of nitrogens with one attached hydrogen (secondary N) is 1. The Morgan fingerprint density at radius 2 is 1.89 bits per heavy atom. The van der Waals surface area contributed by atoms with Gasteiger partial charge in [-0.2, -0.15) is 5.10 Å². The van der Waals surface area contributed by atoms with E-state index in [-0.39, 0.29) is 5.82 Å². The van der Waals surface area contributed by atoms with Crippen molar-refractivity contribution < 1.29 is 4.39 Å². The molecule has 0 amide bonds. The minimum absolute atomic E-state index is 0.231. The van der Waals surface area contributed by atoms with E-state index in [0.717, 1.165) is 23.4 Å². The topological polar surface area (TPSA) is 24.4 Å². The van der Waals surface area contributed by atoms with Gasteiger partial charge in [-0.3, -0.25) is 5.43 Å². The fourth-order valence-corrected chi connectivity index (χ4v) is 1.84. The van der Waals surface area contributed by atoms with Crippen molar-refractivity contribution >= 4 is 11.4 Å². The molecule has 2 aromatic carbocycles. The predicted octanol–water partition coefficient (Wildman–Crippen LogP) is 4.36. The molecule has 2 aromatic rings. The van der Waals surface area contributed by atoms with E-state index in [1.165, 1.54) is 17.7 Å². The molecule has 98 valence electrons. The largest absolute Gasteiger partial charge is 0.278 e. The highest BCUT2D eigenvalue weighted by Crippen LogP contribution is 2.11. The van der Waals surface area contributed by atoms with Gasteiger partial charge in [-0.1, -0.05) is 31.2 Å². The van der Waals surface area contributed by atoms with Crippen LogP contribution in [0.1, 0.15) is 24.5 Å². The number of nitrogens with zero attached hydrogens (tertiary/aromatic N) is 1. The normalized spacial score (nSPS) is 11.4. The van der Waals surface area contributed by atoms with Crippen LogP contribution in [0.3, 0.4) is 0 Å². The van der Waals surface area contributed by atoms with Crippen LogP contribution < -0.4 is 5.43 Å². The Bertz CT molecular complexity index is 574. The number of halogens is 1. The molecule has 0 atom stereocenters. The summed E-state index contributed by atoms with van der Waals surface area (Å²) in [5.41, 5.74) is 7.01. The lowest BCUT2D eigenvalue weighted by atomic mass is 10.1. The van der Waals surface area contributed by atoms with Crippen LogP contribution in [0.15, 0.2) is 53.6 Å². The molecule has 0 bridgehead atoms. The molecule has 0 unspecified atom stereocenters. The first kappa shape index (κ1) is 13.3. The van der Waals surface area contributed by atoms with Crippen molar-refractivity contribution in [2.45, 2.75) is 20.3 Å². The van der Waals surface area contributed by atoms with E-state index in [1.54, 1.807) is 12.1 Å². The summed E-state index contributed by atoms with van der Waals surface area (Å²) < 4.78 is 12.9. The number of benzene rings is 2. The Morgan fingerprint density at radius 3 is 2.53 bits per heavy atom. The summed E-state index contributed by atoms with van der Waals surface area (Å²) in [6, 6.07) is 14.4. The molecule has 0 spiro atoms. The van der Waals surface area contributed by atoms with Gasteiger partial charge in [-0.25, -0.2) is 4.39 Å². The number of anilines is 1. The first-order valence-corrected chi connectivity index (χ1v) is 6.34. The molecule has 0 heterocycles. The molecule has 19 heavy (non-hydrogen) atoms. The molecule has 0 radical (unpaired) electrons. The van der Waals surface area contributed by atoms with Crippen LogP contribution in [0.2, 0.25) is 0 Å². The summed E-state index contributed by atoms with van der Waals surface area (Å²) >= 11 is 0. The van der Waals surface area contributed by atoms with Gasteiger partial charge in [0.2, 0.25) is 0 Å². The van der Waals surface area contributed by atoms with Crippen LogP contribution >= 0.6 is 0 Å². The van der Waals surface area contributed by atoms with Crippen LogP contribution in [-0.2, 0) is 0 Å². The van der Waals surface area contributed by atoms with E-state index in [1.807, 2.05) is 38.1 Å². The number of hydrogen-bond donors (Lipinski definition) is 1. The number of rotatable bonds is 4. The van der Waals surface area contributed by atoms with Gasteiger partial charge in [0.15, 0.2) is 0 Å². The zero-order valence-electron chi connectivity index (χ0n) is 11.2. The minimum Gasteiger partial charge on any atom is -0.278 e. The Kier molecular flexibility index (Phi) is 4.29. The summed E-state index contributed by atoms with van der Waals surface area (Å²) in [6.07, 6.45) is 0.782. The minimum atomic E-state index is -0.231. The van der Waals surface area contributed by atoms with Gasteiger partial charge in [0, 0.05) is 0 Å². The average Bonchev–Trinajstić information content (AvgIpc) is 2.41. The highest BCUT2D eigenvalue weighted by Gasteiger charge is 2.01. The molecular formula is C16H17FN2. The first-order valence-electron chi connectivity index (χ1n) is 6.34. The molecule has 0 saturated carbocycles. The third-order valence-electron chi connectivity index (χ3n) is 2.85. The van der Waals surface area contributed by atoms with E-state index < -0.39 is 0 Å². The van der Waals surface area contributed by atoms with Gasteiger partial charge in [0.1, 0.15) is 5.82 Å². The molecule has 0 aliphatic heterocycles. The van der Waals surface area contributed by atoms with Gasteiger partial charge in [-0.15, -0.1) is 0 Å². The second kappa shape index (κ2) is 6.14. The van der Waals surface area contributed by atoms with Crippen molar-refractivity contribution in [1.82, 2.24) is 0 Å². The van der Waals surface area contributed by atoms with Crippen molar-refractivity contribution in [2.24, 2.45) is 5.10 Å². The summed E-state index contributed by atoms with van der Waals surface area (Å²) in [7, 11) is 0. The Balaban J connectivity index is 2.17. The molecule has 0 aliphatic rings. The highest BCUT2D eigenvalue weighted by molar-refractivity contribution is 6.00. The summed E-state index contributed by atoms with van der Waals surface area (Å²) in [5, 5.41) is 4.40. The lowest BCUT2D eigenvalue weighted by molar-refractivity contribution is 0.627. The number of hydrogen-bond acceptors (Lipinski definition) is 2. The SMILES string of the molecule is CC/C(=N/Nc1cccc(C)c1)c1ccc(F)cc1. The Morgan fingerprint density at radius 1 is 1.16 bits per heavy atom. The molecule has 0 fully saturated rings. The van der Waals surface area contributed by atoms with Crippen LogP contribution in [0.4, 0.5) is 10.1 Å². The third kappa shape index (κ3) is 3.65. The van der Waals surface area contributed by atoms with E-state index in [0.29, 0.717) is 0 Å². The van der Waals surface area contributed by atoms with E-state index in [2.05, 4.69) is 10.5 Å². The van der Waals surface area contributed by atoms with Crippen molar-refractivity contribution in [1.29, 1.82) is 0 Å². The Labute approximate surface area is 113 Å². The summed E-state index contributed by atoms with van der Waals surface area (Å²) in [5.74, 6) is -0.231. The van der Waals surface area contributed by atoms with Gasteiger partial charge in [0.05, 0.1) is 11.4 Å². The fraction of sp³-hybridized carbons (Fsp3) is 0.188. The third-order valence-corrected chi connectivity index (χ3v) is 2.85. The maximum atomic E-state index is 12.9. The average molecular weight is 256 g/mol. The standard InChI is InChI=1S/C16H17FN2/c1-3-16(13-7-9-14(17)10-8-13)19-18-15-6-4-5-12(2)11-15/h4-11,18H,3H2,1-2H3/b19-16-. The number of aryl methyl sites for hydroxylation is 1. The predicted molar refractivity (Wildman–Crippen MR) is 78.0 cm³/mol. The van der Waals surface area contributed by atoms with Gasteiger partial charge < -0.3 is 0 Å². The molecule has 0 aliphatic carbocycles. The smallest absolute Gasteiger partial charge is 0.123 e. The first-order chi connectivity index (χ1) is 9.19. The Hall–Kier alpha value is -2.16. The summed E-state index contributed by atoms with van der Waals surface area (Å²) in [6.45, 7) is 4.07. The van der Waals surface area contributed by atoms with Crippen LogP contribution in [0.5, 0.6) is 0 Å². The lowest BCUT2D eigenvalue weighted by Crippen LogP contribution is -2.03. The van der Waals surface area contributed by atoms with Crippen molar-refractivity contribution in [2.75, 3.05) is 5.43 Å². The maximum absolute atomic E-state index is 12.9. The van der Waals surface area contributed by atoms with Gasteiger partial charge in [0.25, 0.3) is 0 Å². The molecule has 0 aromatic heterocycles. The van der Waals surface area contributed by atoms with Gasteiger partial charge >= 0.3 is 0 Å². The van der Waals surface area contributed by atoms with Crippen LogP contribution in [0, 0.1) is 12.7 Å². The maximum Gasteiger partial charge on any atom is 0.123 e. The monoisotopic (exact) mass is 256 g/mol. The number of hydrazone groups is 1. The van der Waals surface area contributed by atoms with E-state index in [4.69, 9.17) is 0 Å². The zero-order chi connectivity index (χ0) is 13.7. The van der Waals surface area contributed by atoms with E-state index in [9.17, 15) is 4.39 Å². The summed E-state index contributed by atoms with van der Waals surface area (Å²) in [4.78, 5) is 0. The lowest BCUT2D eigenvalue weighted by Gasteiger charge is -2.06. The van der Waals surface area contributed by atoms with Crippen molar-refractivity contribution in [3.63, 3.8) is 0 Å². The van der Waals surface area contributed by atoms with Crippen LogP contribution in [0.25, 0.3) is 0 Å². The van der Waals surface area contributed by atoms with E-state index >= 15 is 0 Å². The van der Waals surface area contributed by atoms with Crippen LogP contribution in [-0.4, -0.2) is 5.71 Å². The molecule has 1 N–H and O–H groups in total. The quantitative estimate of drug-likeness (QED) is 0.638. The molecule has 3 heteroatoms.